The van der Waals surface area contributed by atoms with Crippen LogP contribution in [0, 0.1) is 0 Å². The lowest BCUT2D eigenvalue weighted by atomic mass is 10.3. The van der Waals surface area contributed by atoms with E-state index in [2.05, 4.69) is 5.32 Å². The molecule has 1 atom stereocenters. The first-order valence-corrected chi connectivity index (χ1v) is 4.44. The summed E-state index contributed by atoms with van der Waals surface area (Å²) in [6.07, 6.45) is 4.59. The third-order valence-corrected chi connectivity index (χ3v) is 1.68. The molecular formula is C10H14N2O2. The van der Waals surface area contributed by atoms with Crippen LogP contribution in [-0.2, 0) is 4.79 Å². The van der Waals surface area contributed by atoms with Crippen molar-refractivity contribution < 1.29 is 9.21 Å². The fourth-order valence-electron chi connectivity index (χ4n) is 0.894. The minimum Gasteiger partial charge on any atom is -0.465 e. The van der Waals surface area contributed by atoms with Crippen molar-refractivity contribution in [3.05, 3.63) is 30.2 Å². The summed E-state index contributed by atoms with van der Waals surface area (Å²) < 4.78 is 5.02. The van der Waals surface area contributed by atoms with Gasteiger partial charge in [-0.3, -0.25) is 4.79 Å². The first-order chi connectivity index (χ1) is 6.72. The van der Waals surface area contributed by atoms with Gasteiger partial charge in [0.25, 0.3) is 0 Å². The molecule has 76 valence electrons. The standard InChI is InChI=1S/C10H14N2O2/c1-8(7-11)12-10(13)5-4-9-3-2-6-14-9/h2-6,8H,7,11H2,1H3,(H,12,13). The molecule has 3 N–H and O–H groups in total. The highest BCUT2D eigenvalue weighted by Gasteiger charge is 2.01. The smallest absolute Gasteiger partial charge is 0.244 e. The molecule has 0 aromatic carbocycles. The first kappa shape index (κ1) is 10.5. The van der Waals surface area contributed by atoms with Gasteiger partial charge in [0.05, 0.1) is 6.26 Å². The van der Waals surface area contributed by atoms with Gasteiger partial charge in [0.1, 0.15) is 5.76 Å². The molecule has 1 heterocycles. The van der Waals surface area contributed by atoms with E-state index in [4.69, 9.17) is 10.2 Å². The highest BCUT2D eigenvalue weighted by molar-refractivity contribution is 5.91. The summed E-state index contributed by atoms with van der Waals surface area (Å²) in [6.45, 7) is 2.28. The molecule has 1 aromatic heterocycles. The Labute approximate surface area is 82.8 Å². The van der Waals surface area contributed by atoms with Crippen molar-refractivity contribution in [2.45, 2.75) is 13.0 Å². The van der Waals surface area contributed by atoms with Gasteiger partial charge < -0.3 is 15.5 Å². The third-order valence-electron chi connectivity index (χ3n) is 1.68. The minimum absolute atomic E-state index is 0.0104. The van der Waals surface area contributed by atoms with Crippen LogP contribution in [0.2, 0.25) is 0 Å². The van der Waals surface area contributed by atoms with Crippen molar-refractivity contribution in [3.8, 4) is 0 Å². The van der Waals surface area contributed by atoms with E-state index in [0.717, 1.165) is 0 Å². The number of rotatable bonds is 4. The number of hydrogen-bond acceptors (Lipinski definition) is 3. The fraction of sp³-hybridized carbons (Fsp3) is 0.300. The number of carbonyl (C=O) groups excluding carboxylic acids is 1. The second-order valence-electron chi connectivity index (χ2n) is 2.99. The van der Waals surface area contributed by atoms with Crippen molar-refractivity contribution in [2.75, 3.05) is 6.54 Å². The van der Waals surface area contributed by atoms with Crippen LogP contribution >= 0.6 is 0 Å². The zero-order chi connectivity index (χ0) is 10.4. The lowest BCUT2D eigenvalue weighted by Crippen LogP contribution is -2.36. The van der Waals surface area contributed by atoms with Gasteiger partial charge in [-0.1, -0.05) is 0 Å². The summed E-state index contributed by atoms with van der Waals surface area (Å²) in [6, 6.07) is 3.53. The Morgan fingerprint density at radius 3 is 3.14 bits per heavy atom. The highest BCUT2D eigenvalue weighted by Crippen LogP contribution is 2.01. The van der Waals surface area contributed by atoms with Crippen molar-refractivity contribution in [1.82, 2.24) is 5.32 Å². The maximum absolute atomic E-state index is 11.2. The molecule has 0 fully saturated rings. The van der Waals surface area contributed by atoms with Gasteiger partial charge in [0.15, 0.2) is 0 Å². The van der Waals surface area contributed by atoms with Crippen molar-refractivity contribution >= 4 is 12.0 Å². The van der Waals surface area contributed by atoms with Gasteiger partial charge in [0.2, 0.25) is 5.91 Å². The van der Waals surface area contributed by atoms with Crippen molar-refractivity contribution in [3.63, 3.8) is 0 Å². The lowest BCUT2D eigenvalue weighted by Gasteiger charge is -2.07. The predicted octanol–water partition coefficient (Wildman–Crippen LogP) is 0.756. The number of hydrogen-bond donors (Lipinski definition) is 2. The number of carbonyl (C=O) groups is 1. The van der Waals surface area contributed by atoms with Gasteiger partial charge in [-0.2, -0.15) is 0 Å². The van der Waals surface area contributed by atoms with Crippen LogP contribution in [-0.4, -0.2) is 18.5 Å². The average molecular weight is 194 g/mol. The topological polar surface area (TPSA) is 68.3 Å². The molecular weight excluding hydrogens is 180 g/mol. The molecule has 0 bridgehead atoms. The average Bonchev–Trinajstić information content (AvgIpc) is 2.67. The van der Waals surface area contributed by atoms with Crippen molar-refractivity contribution in [1.29, 1.82) is 0 Å². The van der Waals surface area contributed by atoms with E-state index in [1.807, 2.05) is 6.92 Å². The molecule has 4 nitrogen and oxygen atoms in total. The zero-order valence-electron chi connectivity index (χ0n) is 8.07. The second kappa shape index (κ2) is 5.24. The van der Waals surface area contributed by atoms with Crippen LogP contribution in [0.1, 0.15) is 12.7 Å². The maximum Gasteiger partial charge on any atom is 0.244 e. The van der Waals surface area contributed by atoms with Crippen LogP contribution in [0.3, 0.4) is 0 Å². The largest absolute Gasteiger partial charge is 0.465 e. The quantitative estimate of drug-likeness (QED) is 0.695. The van der Waals surface area contributed by atoms with E-state index in [1.54, 1.807) is 24.5 Å². The Balaban J connectivity index is 2.41. The van der Waals surface area contributed by atoms with Gasteiger partial charge in [-0.25, -0.2) is 0 Å². The molecule has 1 rings (SSSR count). The second-order valence-corrected chi connectivity index (χ2v) is 2.99. The molecule has 1 unspecified atom stereocenters. The van der Waals surface area contributed by atoms with Gasteiger partial charge in [-0.15, -0.1) is 0 Å². The summed E-state index contributed by atoms with van der Waals surface area (Å²) in [5.74, 6) is 0.486. The highest BCUT2D eigenvalue weighted by atomic mass is 16.3. The molecule has 0 saturated heterocycles. The van der Waals surface area contributed by atoms with Crippen molar-refractivity contribution in [2.24, 2.45) is 5.73 Å². The molecule has 14 heavy (non-hydrogen) atoms. The van der Waals surface area contributed by atoms with E-state index in [-0.39, 0.29) is 11.9 Å². The van der Waals surface area contributed by atoms with Crippen LogP contribution in [0.25, 0.3) is 6.08 Å². The van der Waals surface area contributed by atoms with E-state index in [1.165, 1.54) is 6.08 Å². The summed E-state index contributed by atoms with van der Waals surface area (Å²) in [5, 5.41) is 2.70. The summed E-state index contributed by atoms with van der Waals surface area (Å²) >= 11 is 0. The summed E-state index contributed by atoms with van der Waals surface area (Å²) in [4.78, 5) is 11.2. The third kappa shape index (κ3) is 3.45. The van der Waals surface area contributed by atoms with Crippen LogP contribution < -0.4 is 11.1 Å². The van der Waals surface area contributed by atoms with Gasteiger partial charge >= 0.3 is 0 Å². The molecule has 1 amide bonds. The first-order valence-electron chi connectivity index (χ1n) is 4.44. The zero-order valence-corrected chi connectivity index (χ0v) is 8.07. The van der Waals surface area contributed by atoms with E-state index in [0.29, 0.717) is 12.3 Å². The minimum atomic E-state index is -0.167. The van der Waals surface area contributed by atoms with Crippen LogP contribution in [0.15, 0.2) is 28.9 Å². The number of nitrogens with one attached hydrogen (secondary N) is 1. The monoisotopic (exact) mass is 194 g/mol. The number of furan rings is 1. The normalized spacial score (nSPS) is 13.0. The molecule has 0 aliphatic rings. The van der Waals surface area contributed by atoms with E-state index < -0.39 is 0 Å². The molecule has 4 heteroatoms. The fourth-order valence-corrected chi connectivity index (χ4v) is 0.894. The lowest BCUT2D eigenvalue weighted by molar-refractivity contribution is -0.116. The molecule has 0 spiro atoms. The SMILES string of the molecule is CC(CN)NC(=O)C=Cc1ccco1. The molecule has 0 radical (unpaired) electrons. The van der Waals surface area contributed by atoms with E-state index in [9.17, 15) is 4.79 Å². The molecule has 0 aliphatic heterocycles. The van der Waals surface area contributed by atoms with Crippen LogP contribution in [0.4, 0.5) is 0 Å². The van der Waals surface area contributed by atoms with Gasteiger partial charge in [-0.05, 0) is 25.1 Å². The summed E-state index contributed by atoms with van der Waals surface area (Å²) in [5.41, 5.74) is 5.35. The van der Waals surface area contributed by atoms with E-state index >= 15 is 0 Å². The Kier molecular flexibility index (Phi) is 3.94. The Hall–Kier alpha value is -1.55. The van der Waals surface area contributed by atoms with Crippen LogP contribution in [0.5, 0.6) is 0 Å². The van der Waals surface area contributed by atoms with Gasteiger partial charge in [0, 0.05) is 18.7 Å². The Morgan fingerprint density at radius 2 is 2.57 bits per heavy atom. The molecule has 0 aliphatic carbocycles. The maximum atomic E-state index is 11.2. The molecule has 1 aromatic rings. The Bertz CT molecular complexity index is 304. The predicted molar refractivity (Wildman–Crippen MR) is 54.4 cm³/mol. The number of amides is 1. The Morgan fingerprint density at radius 1 is 1.79 bits per heavy atom. The summed E-state index contributed by atoms with van der Waals surface area (Å²) in [7, 11) is 0. The number of nitrogens with two attached hydrogens (primary N) is 1. The molecule has 0 saturated carbocycles.